The highest BCUT2D eigenvalue weighted by molar-refractivity contribution is 7.22. The molecule has 0 aliphatic heterocycles. The number of halogens is 3. The molecule has 0 bridgehead atoms. The van der Waals surface area contributed by atoms with Crippen molar-refractivity contribution in [3.8, 4) is 0 Å². The van der Waals surface area contributed by atoms with Crippen molar-refractivity contribution >= 4 is 56.6 Å². The smallest absolute Gasteiger partial charge is 0.261 e. The predicted molar refractivity (Wildman–Crippen MR) is 118 cm³/mol. The Bertz CT molecular complexity index is 913. The Kier molecular flexibility index (Phi) is 8.19. The van der Waals surface area contributed by atoms with Gasteiger partial charge in [-0.15, -0.1) is 12.4 Å². The number of amides is 1. The lowest BCUT2D eigenvalue weighted by molar-refractivity contribution is 0.0984. The highest BCUT2D eigenvalue weighted by atomic mass is 35.5. The zero-order chi connectivity index (χ0) is 19.4. The largest absolute Gasteiger partial charge is 0.302 e. The average molecular weight is 442 g/mol. The Labute approximate surface area is 179 Å². The quantitative estimate of drug-likeness (QED) is 0.485. The van der Waals surface area contributed by atoms with Gasteiger partial charge in [0.05, 0.1) is 20.8 Å². The minimum absolute atomic E-state index is 0. The minimum Gasteiger partial charge on any atom is -0.302 e. The molecular weight excluding hydrogens is 420 g/mol. The summed E-state index contributed by atoms with van der Waals surface area (Å²) in [5, 5.41) is 0.725. The number of para-hydroxylation sites is 1. The van der Waals surface area contributed by atoms with Gasteiger partial charge >= 0.3 is 0 Å². The Balaban J connectivity index is 0.00000280. The summed E-state index contributed by atoms with van der Waals surface area (Å²) < 4.78 is 14.4. The number of likely N-dealkylation sites (N-methyl/N-ethyl adjacent to an activating group) is 1. The first kappa shape index (κ1) is 22.6. The van der Waals surface area contributed by atoms with Crippen LogP contribution in [0.3, 0.4) is 0 Å². The summed E-state index contributed by atoms with van der Waals surface area (Å²) >= 11 is 7.60. The molecule has 2 aromatic carbocycles. The Morgan fingerprint density at radius 3 is 2.50 bits per heavy atom. The number of anilines is 1. The molecule has 0 aliphatic carbocycles. The van der Waals surface area contributed by atoms with Gasteiger partial charge in [-0.25, -0.2) is 9.37 Å². The Morgan fingerprint density at radius 1 is 1.14 bits per heavy atom. The Hall–Kier alpha value is -1.73. The van der Waals surface area contributed by atoms with E-state index in [0.29, 0.717) is 18.2 Å². The van der Waals surface area contributed by atoms with Crippen molar-refractivity contribution in [1.82, 2.24) is 9.88 Å². The van der Waals surface area contributed by atoms with Crippen LogP contribution in [0.2, 0.25) is 5.02 Å². The molecule has 8 heteroatoms. The second kappa shape index (κ2) is 10.2. The fourth-order valence-electron chi connectivity index (χ4n) is 2.85. The molecule has 0 fully saturated rings. The molecule has 1 heterocycles. The van der Waals surface area contributed by atoms with E-state index >= 15 is 0 Å². The number of fused-ring (bicyclic) bond motifs is 1. The lowest BCUT2D eigenvalue weighted by Crippen LogP contribution is -2.39. The standard InChI is InChI=1S/C20H21ClFN3OS.ClH/c1-3-24(4-2)11-12-25(19(26)15-10-9-14(22)13-16(15)21)20-23-17-7-5-6-8-18(17)27-20;/h5-10,13H,3-4,11-12H2,1-2H3;1H. The third-order valence-electron chi connectivity index (χ3n) is 4.45. The lowest BCUT2D eigenvalue weighted by Gasteiger charge is -2.25. The zero-order valence-corrected chi connectivity index (χ0v) is 18.1. The van der Waals surface area contributed by atoms with Gasteiger partial charge in [0, 0.05) is 13.1 Å². The van der Waals surface area contributed by atoms with E-state index in [1.807, 2.05) is 24.3 Å². The van der Waals surface area contributed by atoms with E-state index in [0.717, 1.165) is 29.4 Å². The molecule has 1 amide bonds. The van der Waals surface area contributed by atoms with Crippen LogP contribution in [0.4, 0.5) is 9.52 Å². The number of benzene rings is 2. The number of carbonyl (C=O) groups is 1. The summed E-state index contributed by atoms with van der Waals surface area (Å²) in [5.74, 6) is -0.738. The van der Waals surface area contributed by atoms with Crippen LogP contribution in [-0.2, 0) is 0 Å². The second-order valence-corrected chi connectivity index (χ2v) is 7.49. The van der Waals surface area contributed by atoms with Crippen molar-refractivity contribution < 1.29 is 9.18 Å². The third kappa shape index (κ3) is 5.00. The number of hydrogen-bond acceptors (Lipinski definition) is 4. The van der Waals surface area contributed by atoms with Crippen molar-refractivity contribution in [3.63, 3.8) is 0 Å². The molecule has 3 rings (SSSR count). The van der Waals surface area contributed by atoms with Crippen molar-refractivity contribution in [2.45, 2.75) is 13.8 Å². The van der Waals surface area contributed by atoms with Crippen LogP contribution in [0.15, 0.2) is 42.5 Å². The molecule has 0 spiro atoms. The molecule has 4 nitrogen and oxygen atoms in total. The molecule has 3 aromatic rings. The van der Waals surface area contributed by atoms with Gasteiger partial charge in [-0.05, 0) is 43.4 Å². The van der Waals surface area contributed by atoms with Gasteiger partial charge in [-0.1, -0.05) is 48.9 Å². The van der Waals surface area contributed by atoms with Crippen LogP contribution in [0.5, 0.6) is 0 Å². The molecular formula is C20H22Cl2FN3OS. The number of nitrogens with zero attached hydrogens (tertiary/aromatic N) is 3. The number of hydrogen-bond donors (Lipinski definition) is 0. The molecule has 0 saturated heterocycles. The Morgan fingerprint density at radius 2 is 1.86 bits per heavy atom. The summed E-state index contributed by atoms with van der Waals surface area (Å²) in [4.78, 5) is 21.7. The zero-order valence-electron chi connectivity index (χ0n) is 15.7. The molecule has 0 aliphatic rings. The summed E-state index contributed by atoms with van der Waals surface area (Å²) in [6.07, 6.45) is 0. The maximum atomic E-state index is 13.4. The van der Waals surface area contributed by atoms with Gasteiger partial charge in [0.15, 0.2) is 5.13 Å². The van der Waals surface area contributed by atoms with Gasteiger partial charge in [0.2, 0.25) is 0 Å². The van der Waals surface area contributed by atoms with E-state index in [2.05, 4.69) is 23.7 Å². The first-order chi connectivity index (χ1) is 13.0. The number of aromatic nitrogens is 1. The van der Waals surface area contributed by atoms with Crippen molar-refractivity contribution in [1.29, 1.82) is 0 Å². The van der Waals surface area contributed by atoms with E-state index in [4.69, 9.17) is 11.6 Å². The van der Waals surface area contributed by atoms with E-state index < -0.39 is 5.82 Å². The normalized spacial score (nSPS) is 10.9. The molecule has 1 aromatic heterocycles. The van der Waals surface area contributed by atoms with Crippen LogP contribution in [-0.4, -0.2) is 42.0 Å². The van der Waals surface area contributed by atoms with Crippen molar-refractivity contribution in [2.75, 3.05) is 31.1 Å². The fourth-order valence-corrected chi connectivity index (χ4v) is 4.09. The summed E-state index contributed by atoms with van der Waals surface area (Å²) in [6, 6.07) is 11.6. The maximum Gasteiger partial charge on any atom is 0.261 e. The number of thiazole rings is 1. The van der Waals surface area contributed by atoms with E-state index in [-0.39, 0.29) is 28.9 Å². The first-order valence-corrected chi connectivity index (χ1v) is 10.1. The molecule has 0 atom stereocenters. The third-order valence-corrected chi connectivity index (χ3v) is 5.83. The molecule has 0 saturated carbocycles. The summed E-state index contributed by atoms with van der Waals surface area (Å²) in [6.45, 7) is 7.17. The molecule has 0 unspecified atom stereocenters. The maximum absolute atomic E-state index is 13.4. The van der Waals surface area contributed by atoms with Crippen molar-refractivity contribution in [2.24, 2.45) is 0 Å². The highest BCUT2D eigenvalue weighted by Gasteiger charge is 2.23. The van der Waals surface area contributed by atoms with Gasteiger partial charge in [-0.3, -0.25) is 9.69 Å². The average Bonchev–Trinajstić information content (AvgIpc) is 3.08. The topological polar surface area (TPSA) is 36.4 Å². The van der Waals surface area contributed by atoms with E-state index in [1.54, 1.807) is 4.90 Å². The summed E-state index contributed by atoms with van der Waals surface area (Å²) in [7, 11) is 0. The van der Waals surface area contributed by atoms with E-state index in [1.165, 1.54) is 23.5 Å². The van der Waals surface area contributed by atoms with Crippen LogP contribution < -0.4 is 4.90 Å². The van der Waals surface area contributed by atoms with Crippen molar-refractivity contribution in [3.05, 3.63) is 58.9 Å². The molecule has 150 valence electrons. The van der Waals surface area contributed by atoms with Gasteiger partial charge in [-0.2, -0.15) is 0 Å². The minimum atomic E-state index is -0.466. The first-order valence-electron chi connectivity index (χ1n) is 8.88. The van der Waals surface area contributed by atoms with Crippen LogP contribution in [0, 0.1) is 5.82 Å². The lowest BCUT2D eigenvalue weighted by atomic mass is 10.2. The molecule has 0 N–H and O–H groups in total. The van der Waals surface area contributed by atoms with Gasteiger partial charge in [0.1, 0.15) is 5.82 Å². The van der Waals surface area contributed by atoms with Crippen LogP contribution >= 0.6 is 35.3 Å². The summed E-state index contributed by atoms with van der Waals surface area (Å²) in [5.41, 5.74) is 1.13. The fraction of sp³-hybridized carbons (Fsp3) is 0.300. The monoisotopic (exact) mass is 441 g/mol. The predicted octanol–water partition coefficient (Wildman–Crippen LogP) is 5.50. The van der Waals surface area contributed by atoms with Crippen LogP contribution in [0.25, 0.3) is 10.2 Å². The molecule has 28 heavy (non-hydrogen) atoms. The second-order valence-electron chi connectivity index (χ2n) is 6.07. The van der Waals surface area contributed by atoms with Crippen LogP contribution in [0.1, 0.15) is 24.2 Å². The molecule has 0 radical (unpaired) electrons. The van der Waals surface area contributed by atoms with Gasteiger partial charge < -0.3 is 4.90 Å². The van der Waals surface area contributed by atoms with E-state index in [9.17, 15) is 9.18 Å². The van der Waals surface area contributed by atoms with Gasteiger partial charge in [0.25, 0.3) is 5.91 Å². The number of rotatable bonds is 7. The number of carbonyl (C=O) groups excluding carboxylic acids is 1. The SMILES string of the molecule is CCN(CC)CCN(C(=O)c1ccc(F)cc1Cl)c1nc2ccccc2s1.Cl. The highest BCUT2D eigenvalue weighted by Crippen LogP contribution is 2.30.